The highest BCUT2D eigenvalue weighted by atomic mass is 16.5. The lowest BCUT2D eigenvalue weighted by molar-refractivity contribution is -0.119. The molecule has 2 aromatic carbocycles. The van der Waals surface area contributed by atoms with Crippen LogP contribution in [0.15, 0.2) is 66.9 Å². The molecule has 0 spiro atoms. The Kier molecular flexibility index (Phi) is 5.48. The molecule has 2 amide bonds. The summed E-state index contributed by atoms with van der Waals surface area (Å²) >= 11 is 0. The van der Waals surface area contributed by atoms with E-state index in [1.165, 1.54) is 4.90 Å². The van der Waals surface area contributed by atoms with Crippen molar-refractivity contribution in [3.63, 3.8) is 0 Å². The van der Waals surface area contributed by atoms with Gasteiger partial charge >= 0.3 is 0 Å². The molecule has 0 bridgehead atoms. The minimum atomic E-state index is -0.311. The molecular weight excluding hydrogens is 378 g/mol. The number of benzene rings is 2. The van der Waals surface area contributed by atoms with E-state index in [1.54, 1.807) is 24.4 Å². The summed E-state index contributed by atoms with van der Waals surface area (Å²) in [7, 11) is 0. The van der Waals surface area contributed by atoms with Gasteiger partial charge in [-0.1, -0.05) is 43.3 Å². The number of aryl methyl sites for hydroxylation is 1. The Balaban J connectivity index is 1.55. The van der Waals surface area contributed by atoms with Gasteiger partial charge in [-0.3, -0.25) is 14.5 Å². The van der Waals surface area contributed by atoms with Gasteiger partial charge in [0.1, 0.15) is 12.1 Å². The molecule has 0 aliphatic carbocycles. The average molecular weight is 401 g/mol. The van der Waals surface area contributed by atoms with Crippen LogP contribution in [0, 0.1) is 6.92 Å². The minimum absolute atomic E-state index is 0.103. The van der Waals surface area contributed by atoms with Crippen molar-refractivity contribution in [2.75, 3.05) is 18.0 Å². The zero-order valence-corrected chi connectivity index (χ0v) is 17.0. The fourth-order valence-electron chi connectivity index (χ4n) is 3.44. The Morgan fingerprint density at radius 1 is 1.13 bits per heavy atom. The first-order valence-corrected chi connectivity index (χ1v) is 9.90. The van der Waals surface area contributed by atoms with Gasteiger partial charge in [-0.25, -0.2) is 4.98 Å². The molecule has 0 saturated carbocycles. The maximum absolute atomic E-state index is 13.2. The Morgan fingerprint density at radius 2 is 1.93 bits per heavy atom. The molecule has 1 aromatic heterocycles. The number of hydrogen-bond acceptors (Lipinski definition) is 4. The second kappa shape index (κ2) is 8.37. The molecule has 1 unspecified atom stereocenters. The summed E-state index contributed by atoms with van der Waals surface area (Å²) in [5.41, 5.74) is 3.01. The highest BCUT2D eigenvalue weighted by Crippen LogP contribution is 2.38. The van der Waals surface area contributed by atoms with Crippen molar-refractivity contribution in [3.05, 3.63) is 83.6 Å². The van der Waals surface area contributed by atoms with E-state index in [1.807, 2.05) is 49.4 Å². The monoisotopic (exact) mass is 401 g/mol. The Bertz CT molecular complexity index is 1080. The molecule has 2 heterocycles. The van der Waals surface area contributed by atoms with Gasteiger partial charge < -0.3 is 10.1 Å². The van der Waals surface area contributed by atoms with Crippen LogP contribution in [0.3, 0.4) is 0 Å². The van der Waals surface area contributed by atoms with Crippen LogP contribution in [0.1, 0.15) is 34.3 Å². The molecule has 6 heteroatoms. The van der Waals surface area contributed by atoms with Crippen LogP contribution in [0.25, 0.3) is 0 Å². The highest BCUT2D eigenvalue weighted by molar-refractivity contribution is 6.11. The third kappa shape index (κ3) is 4.03. The molecule has 6 nitrogen and oxygen atoms in total. The summed E-state index contributed by atoms with van der Waals surface area (Å²) in [4.78, 5) is 31.6. The second-order valence-electron chi connectivity index (χ2n) is 7.44. The van der Waals surface area contributed by atoms with Crippen molar-refractivity contribution >= 4 is 17.5 Å². The maximum Gasteiger partial charge on any atom is 0.264 e. The van der Waals surface area contributed by atoms with Gasteiger partial charge in [0.05, 0.1) is 5.69 Å². The third-order valence-electron chi connectivity index (χ3n) is 5.13. The number of nitrogens with zero attached hydrogens (tertiary/aromatic N) is 2. The SMILES string of the molecule is Cc1ccc2c(c1)N(CC(=O)NCC(C)c1ccccc1)C(=O)c1cccnc1O2. The molecule has 152 valence electrons. The van der Waals surface area contributed by atoms with E-state index in [-0.39, 0.29) is 30.2 Å². The lowest BCUT2D eigenvalue weighted by atomic mass is 10.0. The number of carbonyl (C=O) groups is 2. The largest absolute Gasteiger partial charge is 0.436 e. The summed E-state index contributed by atoms with van der Waals surface area (Å²) in [5.74, 6) is 0.363. The van der Waals surface area contributed by atoms with Crippen LogP contribution in [0.5, 0.6) is 11.6 Å². The van der Waals surface area contributed by atoms with Crippen LogP contribution < -0.4 is 15.0 Å². The number of pyridine rings is 1. The van der Waals surface area contributed by atoms with Crippen LogP contribution >= 0.6 is 0 Å². The highest BCUT2D eigenvalue weighted by Gasteiger charge is 2.30. The van der Waals surface area contributed by atoms with Gasteiger partial charge in [-0.15, -0.1) is 0 Å². The predicted molar refractivity (Wildman–Crippen MR) is 115 cm³/mol. The lowest BCUT2D eigenvalue weighted by Gasteiger charge is -2.22. The zero-order chi connectivity index (χ0) is 21.1. The molecule has 30 heavy (non-hydrogen) atoms. The lowest BCUT2D eigenvalue weighted by Crippen LogP contribution is -2.41. The van der Waals surface area contributed by atoms with Gasteiger partial charge in [0.25, 0.3) is 5.91 Å². The molecule has 0 fully saturated rings. The quantitative estimate of drug-likeness (QED) is 0.700. The smallest absolute Gasteiger partial charge is 0.264 e. The van der Waals surface area contributed by atoms with Gasteiger partial charge in [0.2, 0.25) is 11.8 Å². The molecule has 1 N–H and O–H groups in total. The first-order chi connectivity index (χ1) is 14.5. The number of ether oxygens (including phenoxy) is 1. The van der Waals surface area contributed by atoms with Crippen LogP contribution in [0.4, 0.5) is 5.69 Å². The molecule has 1 atom stereocenters. The van der Waals surface area contributed by atoms with E-state index in [0.717, 1.165) is 11.1 Å². The Morgan fingerprint density at radius 3 is 2.73 bits per heavy atom. The Labute approximate surface area is 175 Å². The van der Waals surface area contributed by atoms with Crippen LogP contribution in [-0.2, 0) is 4.79 Å². The maximum atomic E-state index is 13.2. The standard InChI is InChI=1S/C24H23N3O3/c1-16-10-11-21-20(13-16)27(24(29)19-9-6-12-25-23(19)30-21)15-22(28)26-14-17(2)18-7-4-3-5-8-18/h3-13,17H,14-15H2,1-2H3,(H,26,28). The first kappa shape index (κ1) is 19.6. The normalized spacial score (nSPS) is 13.5. The number of aromatic nitrogens is 1. The minimum Gasteiger partial charge on any atom is -0.436 e. The van der Waals surface area contributed by atoms with Gasteiger partial charge in [0, 0.05) is 12.7 Å². The van der Waals surface area contributed by atoms with Crippen molar-refractivity contribution in [3.8, 4) is 11.6 Å². The van der Waals surface area contributed by atoms with Crippen molar-refractivity contribution in [2.24, 2.45) is 0 Å². The van der Waals surface area contributed by atoms with Crippen molar-refractivity contribution in [2.45, 2.75) is 19.8 Å². The van der Waals surface area contributed by atoms with E-state index in [9.17, 15) is 9.59 Å². The van der Waals surface area contributed by atoms with E-state index < -0.39 is 0 Å². The topological polar surface area (TPSA) is 71.5 Å². The van der Waals surface area contributed by atoms with Crippen molar-refractivity contribution in [1.82, 2.24) is 10.3 Å². The molecular formula is C24H23N3O3. The number of hydrogen-bond donors (Lipinski definition) is 1. The fourth-order valence-corrected chi connectivity index (χ4v) is 3.44. The van der Waals surface area contributed by atoms with Crippen molar-refractivity contribution in [1.29, 1.82) is 0 Å². The molecule has 3 aromatic rings. The first-order valence-electron chi connectivity index (χ1n) is 9.90. The van der Waals surface area contributed by atoms with E-state index in [2.05, 4.69) is 17.2 Å². The number of anilines is 1. The summed E-state index contributed by atoms with van der Waals surface area (Å²) < 4.78 is 5.89. The third-order valence-corrected chi connectivity index (χ3v) is 5.13. The van der Waals surface area contributed by atoms with Gasteiger partial charge in [0.15, 0.2) is 5.75 Å². The Hall–Kier alpha value is -3.67. The van der Waals surface area contributed by atoms with E-state index in [4.69, 9.17) is 4.74 Å². The van der Waals surface area contributed by atoms with Crippen molar-refractivity contribution < 1.29 is 14.3 Å². The number of fused-ring (bicyclic) bond motifs is 2. The predicted octanol–water partition coefficient (Wildman–Crippen LogP) is 4.06. The molecule has 4 rings (SSSR count). The second-order valence-corrected chi connectivity index (χ2v) is 7.44. The number of rotatable bonds is 5. The molecule has 1 aliphatic rings. The molecule has 0 radical (unpaired) electrons. The van der Waals surface area contributed by atoms with Gasteiger partial charge in [-0.2, -0.15) is 0 Å². The molecule has 1 aliphatic heterocycles. The summed E-state index contributed by atoms with van der Waals surface area (Å²) in [6, 6.07) is 18.9. The van der Waals surface area contributed by atoms with E-state index >= 15 is 0 Å². The fraction of sp³-hybridized carbons (Fsp3) is 0.208. The van der Waals surface area contributed by atoms with Crippen LogP contribution in [0.2, 0.25) is 0 Å². The van der Waals surface area contributed by atoms with E-state index in [0.29, 0.717) is 23.5 Å². The number of carbonyl (C=O) groups excluding carboxylic acids is 2. The molecule has 0 saturated heterocycles. The number of amides is 2. The zero-order valence-electron chi connectivity index (χ0n) is 17.0. The van der Waals surface area contributed by atoms with Crippen LogP contribution in [-0.4, -0.2) is 29.9 Å². The average Bonchev–Trinajstić information content (AvgIpc) is 2.88. The summed E-state index contributed by atoms with van der Waals surface area (Å²) in [6.07, 6.45) is 1.58. The number of nitrogens with one attached hydrogen (secondary N) is 1. The summed E-state index contributed by atoms with van der Waals surface area (Å²) in [6.45, 7) is 4.37. The summed E-state index contributed by atoms with van der Waals surface area (Å²) in [5, 5.41) is 2.95. The van der Waals surface area contributed by atoms with Gasteiger partial charge in [-0.05, 0) is 48.2 Å².